The van der Waals surface area contributed by atoms with Crippen molar-refractivity contribution in [2.45, 2.75) is 18.3 Å². The summed E-state index contributed by atoms with van der Waals surface area (Å²) < 4.78 is 5.09. The fourth-order valence-corrected chi connectivity index (χ4v) is 2.54. The predicted molar refractivity (Wildman–Crippen MR) is 53.2 cm³/mol. The summed E-state index contributed by atoms with van der Waals surface area (Å²) in [5, 5.41) is 13.7. The normalized spacial score (nSPS) is 26.6. The Morgan fingerprint density at radius 1 is 1.71 bits per heavy atom. The van der Waals surface area contributed by atoms with E-state index < -0.39 is 4.92 Å². The highest BCUT2D eigenvalue weighted by Crippen LogP contribution is 2.34. The zero-order valence-corrected chi connectivity index (χ0v) is 8.41. The molecule has 1 aromatic heterocycles. The Bertz CT molecular complexity index is 352. The molecule has 1 aliphatic rings. The molecule has 0 aliphatic carbocycles. The molecule has 5 nitrogen and oxygen atoms in total. The van der Waals surface area contributed by atoms with Crippen LogP contribution >= 0.6 is 11.8 Å². The second kappa shape index (κ2) is 3.62. The van der Waals surface area contributed by atoms with E-state index >= 15 is 0 Å². The summed E-state index contributed by atoms with van der Waals surface area (Å²) in [6.07, 6.45) is 0. The monoisotopic (exact) mass is 214 g/mol. The Balaban J connectivity index is 2.13. The van der Waals surface area contributed by atoms with Gasteiger partial charge in [-0.15, -0.1) is 11.8 Å². The molecular weight excluding hydrogens is 204 g/mol. The number of furan rings is 1. The van der Waals surface area contributed by atoms with Crippen molar-refractivity contribution in [3.8, 4) is 0 Å². The van der Waals surface area contributed by atoms with Crippen LogP contribution in [-0.2, 0) is 0 Å². The Hall–Kier alpha value is -1.01. The third kappa shape index (κ3) is 1.76. The summed E-state index contributed by atoms with van der Waals surface area (Å²) in [5.41, 5.74) is 0. The molecular formula is C8H10N2O3S. The SMILES string of the molecule is CC1CSC(c2ccc([N+](=O)[O-])o2)N1. The summed E-state index contributed by atoms with van der Waals surface area (Å²) in [7, 11) is 0. The largest absolute Gasteiger partial charge is 0.433 e. The molecule has 1 aliphatic heterocycles. The third-order valence-electron chi connectivity index (χ3n) is 2.00. The molecule has 2 atom stereocenters. The zero-order chi connectivity index (χ0) is 10.1. The Morgan fingerprint density at radius 2 is 2.50 bits per heavy atom. The van der Waals surface area contributed by atoms with Crippen LogP contribution < -0.4 is 5.32 Å². The van der Waals surface area contributed by atoms with Gasteiger partial charge in [0.1, 0.15) is 16.1 Å². The van der Waals surface area contributed by atoms with Gasteiger partial charge >= 0.3 is 5.88 Å². The van der Waals surface area contributed by atoms with Crippen LogP contribution in [0.2, 0.25) is 0 Å². The van der Waals surface area contributed by atoms with Gasteiger partial charge in [-0.1, -0.05) is 0 Å². The smallest absolute Gasteiger partial charge is 0.403 e. The quantitative estimate of drug-likeness (QED) is 0.601. The van der Waals surface area contributed by atoms with Crippen molar-refractivity contribution in [2.75, 3.05) is 5.75 Å². The minimum atomic E-state index is -0.521. The molecule has 76 valence electrons. The number of thioether (sulfide) groups is 1. The minimum Gasteiger partial charge on any atom is -0.403 e. The van der Waals surface area contributed by atoms with Crippen LogP contribution in [0, 0.1) is 10.1 Å². The van der Waals surface area contributed by atoms with E-state index in [-0.39, 0.29) is 11.3 Å². The van der Waals surface area contributed by atoms with Gasteiger partial charge in [0.15, 0.2) is 0 Å². The molecule has 1 N–H and O–H groups in total. The second-order valence-corrected chi connectivity index (χ2v) is 4.35. The van der Waals surface area contributed by atoms with Crippen LogP contribution in [0.15, 0.2) is 16.5 Å². The Kier molecular flexibility index (Phi) is 2.47. The van der Waals surface area contributed by atoms with E-state index in [2.05, 4.69) is 12.2 Å². The lowest BCUT2D eigenvalue weighted by atomic mass is 10.3. The van der Waals surface area contributed by atoms with Gasteiger partial charge in [0.2, 0.25) is 0 Å². The molecule has 0 amide bonds. The topological polar surface area (TPSA) is 68.3 Å². The lowest BCUT2D eigenvalue weighted by molar-refractivity contribution is -0.402. The molecule has 14 heavy (non-hydrogen) atoms. The summed E-state index contributed by atoms with van der Waals surface area (Å²) in [6, 6.07) is 3.47. The molecule has 0 bridgehead atoms. The van der Waals surface area contributed by atoms with Gasteiger partial charge in [0.05, 0.1) is 6.07 Å². The number of nitrogens with one attached hydrogen (secondary N) is 1. The maximum Gasteiger partial charge on any atom is 0.433 e. The number of hydrogen-bond acceptors (Lipinski definition) is 5. The van der Waals surface area contributed by atoms with Gasteiger partial charge in [0, 0.05) is 11.8 Å². The Labute approximate surface area is 85.0 Å². The molecule has 1 aromatic rings. The van der Waals surface area contributed by atoms with Gasteiger partial charge in [-0.05, 0) is 13.0 Å². The van der Waals surface area contributed by atoms with Gasteiger partial charge in [-0.3, -0.25) is 15.4 Å². The van der Waals surface area contributed by atoms with Crippen molar-refractivity contribution in [2.24, 2.45) is 0 Å². The number of hydrogen-bond donors (Lipinski definition) is 1. The van der Waals surface area contributed by atoms with Crippen molar-refractivity contribution in [1.82, 2.24) is 5.32 Å². The van der Waals surface area contributed by atoms with Crippen LogP contribution in [0.4, 0.5) is 5.88 Å². The molecule has 2 unspecified atom stereocenters. The standard InChI is InChI=1S/C8H10N2O3S/c1-5-4-14-8(9-5)6-2-3-7(13-6)10(11)12/h2-3,5,8-9H,4H2,1H3. The number of nitro groups is 1. The first kappa shape index (κ1) is 9.54. The molecule has 0 saturated carbocycles. The van der Waals surface area contributed by atoms with Gasteiger partial charge in [0.25, 0.3) is 0 Å². The first-order valence-electron chi connectivity index (χ1n) is 4.28. The van der Waals surface area contributed by atoms with Crippen LogP contribution in [0.25, 0.3) is 0 Å². The van der Waals surface area contributed by atoms with Crippen LogP contribution in [0.3, 0.4) is 0 Å². The van der Waals surface area contributed by atoms with Crippen molar-refractivity contribution in [3.63, 3.8) is 0 Å². The van der Waals surface area contributed by atoms with Crippen LogP contribution in [0.5, 0.6) is 0 Å². The van der Waals surface area contributed by atoms with Crippen molar-refractivity contribution >= 4 is 17.6 Å². The maximum absolute atomic E-state index is 10.4. The van der Waals surface area contributed by atoms with E-state index in [1.165, 1.54) is 6.07 Å². The van der Waals surface area contributed by atoms with E-state index in [1.807, 2.05) is 0 Å². The van der Waals surface area contributed by atoms with E-state index in [1.54, 1.807) is 17.8 Å². The van der Waals surface area contributed by atoms with Crippen molar-refractivity contribution in [3.05, 3.63) is 28.0 Å². The highest BCUT2D eigenvalue weighted by molar-refractivity contribution is 7.99. The van der Waals surface area contributed by atoms with Crippen LogP contribution in [-0.4, -0.2) is 16.7 Å². The molecule has 0 aromatic carbocycles. The minimum absolute atomic E-state index is 0.0544. The molecule has 1 fully saturated rings. The summed E-state index contributed by atoms with van der Waals surface area (Å²) in [5.74, 6) is 1.44. The zero-order valence-electron chi connectivity index (χ0n) is 7.60. The van der Waals surface area contributed by atoms with E-state index in [0.717, 1.165) is 5.75 Å². The highest BCUT2D eigenvalue weighted by atomic mass is 32.2. The fraction of sp³-hybridized carbons (Fsp3) is 0.500. The lowest BCUT2D eigenvalue weighted by Crippen LogP contribution is -2.21. The molecule has 2 rings (SSSR count). The van der Waals surface area contributed by atoms with E-state index in [9.17, 15) is 10.1 Å². The summed E-state index contributed by atoms with van der Waals surface area (Å²) >= 11 is 1.70. The lowest BCUT2D eigenvalue weighted by Gasteiger charge is -2.05. The average Bonchev–Trinajstić information content (AvgIpc) is 2.70. The van der Waals surface area contributed by atoms with Gasteiger partial charge in [-0.25, -0.2) is 0 Å². The third-order valence-corrected chi connectivity index (χ3v) is 3.39. The Morgan fingerprint density at radius 3 is 3.00 bits per heavy atom. The highest BCUT2D eigenvalue weighted by Gasteiger charge is 2.26. The summed E-state index contributed by atoms with van der Waals surface area (Å²) in [6.45, 7) is 2.07. The molecule has 6 heteroatoms. The molecule has 1 saturated heterocycles. The van der Waals surface area contributed by atoms with E-state index in [4.69, 9.17) is 4.42 Å². The van der Waals surface area contributed by atoms with Crippen molar-refractivity contribution in [1.29, 1.82) is 0 Å². The first-order valence-corrected chi connectivity index (χ1v) is 5.33. The first-order chi connectivity index (χ1) is 6.66. The number of nitrogens with zero attached hydrogens (tertiary/aromatic N) is 1. The fourth-order valence-electron chi connectivity index (χ4n) is 1.34. The van der Waals surface area contributed by atoms with Crippen LogP contribution in [0.1, 0.15) is 18.1 Å². The van der Waals surface area contributed by atoms with Crippen molar-refractivity contribution < 1.29 is 9.34 Å². The molecule has 2 heterocycles. The summed E-state index contributed by atoms with van der Waals surface area (Å²) in [4.78, 5) is 9.86. The average molecular weight is 214 g/mol. The predicted octanol–water partition coefficient (Wildman–Crippen LogP) is 1.91. The van der Waals surface area contributed by atoms with Gasteiger partial charge < -0.3 is 4.42 Å². The van der Waals surface area contributed by atoms with Gasteiger partial charge in [-0.2, -0.15) is 0 Å². The number of rotatable bonds is 2. The maximum atomic E-state index is 10.4. The molecule has 0 spiro atoms. The molecule has 0 radical (unpaired) electrons. The second-order valence-electron chi connectivity index (χ2n) is 3.21. The van der Waals surface area contributed by atoms with E-state index in [0.29, 0.717) is 11.8 Å².